The number of fused-ring (bicyclic) bond motifs is 7. The van der Waals surface area contributed by atoms with Gasteiger partial charge in [-0.25, -0.2) is 0 Å². The molecule has 1 fully saturated rings. The molecule has 0 radical (unpaired) electrons. The molecule has 0 bridgehead atoms. The van der Waals surface area contributed by atoms with E-state index in [1.807, 2.05) is 0 Å². The van der Waals surface area contributed by atoms with Crippen molar-refractivity contribution in [3.05, 3.63) is 60.2 Å². The summed E-state index contributed by atoms with van der Waals surface area (Å²) in [5.74, 6) is 0.703. The second-order valence-electron chi connectivity index (χ2n) is 8.10. The molecule has 1 aliphatic carbocycles. The molecule has 5 aromatic rings. The lowest BCUT2D eigenvalue weighted by molar-refractivity contribution is 0.443. The number of hydrogen-bond acceptors (Lipinski definition) is 1. The van der Waals surface area contributed by atoms with Crippen LogP contribution in [0.25, 0.3) is 43.7 Å². The molecule has 134 valence electrons. The maximum Gasteiger partial charge on any atom is 0.136 e. The van der Waals surface area contributed by atoms with Crippen LogP contribution in [0, 0.1) is 0 Å². The second kappa shape index (κ2) is 5.63. The lowest BCUT2D eigenvalue weighted by atomic mass is 9.84. The Morgan fingerprint density at radius 2 is 1.63 bits per heavy atom. The van der Waals surface area contributed by atoms with Gasteiger partial charge in [-0.1, -0.05) is 49.6 Å². The first kappa shape index (κ1) is 15.3. The Kier molecular flexibility index (Phi) is 3.19. The van der Waals surface area contributed by atoms with Crippen molar-refractivity contribution < 1.29 is 4.42 Å². The smallest absolute Gasteiger partial charge is 0.136 e. The average Bonchev–Trinajstić information content (AvgIpc) is 3.24. The lowest BCUT2D eigenvalue weighted by Crippen LogP contribution is -2.03. The zero-order valence-corrected chi connectivity index (χ0v) is 15.7. The maximum absolute atomic E-state index is 6.34. The van der Waals surface area contributed by atoms with Gasteiger partial charge in [0, 0.05) is 39.6 Å². The van der Waals surface area contributed by atoms with E-state index >= 15 is 0 Å². The van der Waals surface area contributed by atoms with Gasteiger partial charge >= 0.3 is 0 Å². The minimum atomic E-state index is 0.703. The van der Waals surface area contributed by atoms with Crippen molar-refractivity contribution in [1.29, 1.82) is 0 Å². The molecule has 2 nitrogen and oxygen atoms in total. The van der Waals surface area contributed by atoms with Crippen LogP contribution in [-0.4, -0.2) is 4.57 Å². The van der Waals surface area contributed by atoms with E-state index in [0.717, 1.165) is 11.2 Å². The van der Waals surface area contributed by atoms with Gasteiger partial charge in [-0.15, -0.1) is 0 Å². The molecule has 6 rings (SSSR count). The van der Waals surface area contributed by atoms with Crippen LogP contribution in [0.15, 0.2) is 59.0 Å². The largest absolute Gasteiger partial charge is 0.456 e. The van der Waals surface area contributed by atoms with Crippen molar-refractivity contribution in [3.8, 4) is 0 Å². The van der Waals surface area contributed by atoms with Crippen LogP contribution in [0.4, 0.5) is 0 Å². The number of nitrogens with zero attached hydrogens (tertiary/aromatic N) is 1. The number of rotatable bonds is 1. The molecule has 0 saturated heterocycles. The van der Waals surface area contributed by atoms with Gasteiger partial charge in [-0.2, -0.15) is 0 Å². The Balaban J connectivity index is 1.67. The first-order valence-electron chi connectivity index (χ1n) is 10.1. The predicted octanol–water partition coefficient (Wildman–Crippen LogP) is 7.28. The number of aryl methyl sites for hydroxylation is 1. The highest BCUT2D eigenvalue weighted by atomic mass is 16.3. The van der Waals surface area contributed by atoms with Crippen molar-refractivity contribution in [2.24, 2.45) is 7.05 Å². The van der Waals surface area contributed by atoms with Gasteiger partial charge in [0.05, 0.1) is 0 Å². The fourth-order valence-electron chi connectivity index (χ4n) is 5.22. The van der Waals surface area contributed by atoms with Gasteiger partial charge in [0.2, 0.25) is 0 Å². The number of aromatic nitrogens is 1. The summed E-state index contributed by atoms with van der Waals surface area (Å²) in [6, 6.07) is 20.0. The monoisotopic (exact) mass is 353 g/mol. The summed E-state index contributed by atoms with van der Waals surface area (Å²) in [5, 5.41) is 5.12. The van der Waals surface area contributed by atoms with Crippen LogP contribution in [0.3, 0.4) is 0 Å². The molecule has 3 aromatic carbocycles. The molecule has 1 aliphatic rings. The van der Waals surface area contributed by atoms with Gasteiger partial charge in [0.25, 0.3) is 0 Å². The summed E-state index contributed by atoms with van der Waals surface area (Å²) in [4.78, 5) is 0. The van der Waals surface area contributed by atoms with Crippen LogP contribution in [0.2, 0.25) is 0 Å². The van der Waals surface area contributed by atoms with Crippen LogP contribution < -0.4 is 0 Å². The van der Waals surface area contributed by atoms with E-state index in [1.165, 1.54) is 70.2 Å². The highest BCUT2D eigenvalue weighted by Crippen LogP contribution is 2.41. The van der Waals surface area contributed by atoms with E-state index in [0.29, 0.717) is 5.92 Å². The number of benzene rings is 3. The average molecular weight is 353 g/mol. The molecule has 0 N–H and O–H groups in total. The summed E-state index contributed by atoms with van der Waals surface area (Å²) < 4.78 is 8.63. The van der Waals surface area contributed by atoms with Gasteiger partial charge in [-0.05, 0) is 48.6 Å². The molecular formula is C25H23NO. The third-order valence-corrected chi connectivity index (χ3v) is 6.61. The van der Waals surface area contributed by atoms with Crippen LogP contribution in [0.5, 0.6) is 0 Å². The Morgan fingerprint density at radius 1 is 0.778 bits per heavy atom. The number of para-hydroxylation sites is 1. The summed E-state index contributed by atoms with van der Waals surface area (Å²) >= 11 is 0. The Bertz CT molecular complexity index is 1310. The SMILES string of the molecule is Cn1c2ccccc2c2c3c(ccc21)oc1cc(C2CCCCC2)ccc13. The molecule has 2 aromatic heterocycles. The van der Waals surface area contributed by atoms with E-state index in [-0.39, 0.29) is 0 Å². The topological polar surface area (TPSA) is 18.1 Å². The molecule has 2 heteroatoms. The van der Waals surface area contributed by atoms with Crippen LogP contribution >= 0.6 is 0 Å². The normalized spacial score (nSPS) is 16.2. The highest BCUT2D eigenvalue weighted by Gasteiger charge is 2.19. The molecule has 0 amide bonds. The molecule has 0 unspecified atom stereocenters. The molecule has 1 saturated carbocycles. The lowest BCUT2D eigenvalue weighted by Gasteiger charge is -2.21. The quantitative estimate of drug-likeness (QED) is 0.310. The van der Waals surface area contributed by atoms with Gasteiger partial charge in [0.15, 0.2) is 0 Å². The number of hydrogen-bond donors (Lipinski definition) is 0. The minimum absolute atomic E-state index is 0.703. The van der Waals surface area contributed by atoms with Crippen LogP contribution in [0.1, 0.15) is 43.6 Å². The fourth-order valence-corrected chi connectivity index (χ4v) is 5.22. The van der Waals surface area contributed by atoms with E-state index in [4.69, 9.17) is 4.42 Å². The zero-order valence-electron chi connectivity index (χ0n) is 15.7. The highest BCUT2D eigenvalue weighted by molar-refractivity contribution is 6.26. The second-order valence-corrected chi connectivity index (χ2v) is 8.10. The summed E-state index contributed by atoms with van der Waals surface area (Å²) in [6.45, 7) is 0. The summed E-state index contributed by atoms with van der Waals surface area (Å²) in [7, 11) is 2.15. The fraction of sp³-hybridized carbons (Fsp3) is 0.280. The van der Waals surface area contributed by atoms with Gasteiger partial charge < -0.3 is 8.98 Å². The molecule has 0 spiro atoms. The summed E-state index contributed by atoms with van der Waals surface area (Å²) in [5.41, 5.74) is 6.02. The van der Waals surface area contributed by atoms with E-state index in [1.54, 1.807) is 0 Å². The number of furan rings is 1. The predicted molar refractivity (Wildman–Crippen MR) is 114 cm³/mol. The molecule has 0 aliphatic heterocycles. The first-order chi connectivity index (χ1) is 13.3. The Labute approximate surface area is 158 Å². The zero-order chi connectivity index (χ0) is 18.0. The van der Waals surface area contributed by atoms with Crippen molar-refractivity contribution in [1.82, 2.24) is 4.57 Å². The van der Waals surface area contributed by atoms with Crippen molar-refractivity contribution in [3.63, 3.8) is 0 Å². The van der Waals surface area contributed by atoms with Crippen LogP contribution in [-0.2, 0) is 7.05 Å². The molecule has 27 heavy (non-hydrogen) atoms. The van der Waals surface area contributed by atoms with Crippen molar-refractivity contribution in [2.75, 3.05) is 0 Å². The van der Waals surface area contributed by atoms with E-state index < -0.39 is 0 Å². The third kappa shape index (κ3) is 2.13. The van der Waals surface area contributed by atoms with Gasteiger partial charge in [0.1, 0.15) is 11.2 Å². The molecular weight excluding hydrogens is 330 g/mol. The van der Waals surface area contributed by atoms with Crippen molar-refractivity contribution >= 4 is 43.7 Å². The van der Waals surface area contributed by atoms with Gasteiger partial charge in [-0.3, -0.25) is 0 Å². The van der Waals surface area contributed by atoms with Crippen molar-refractivity contribution in [2.45, 2.75) is 38.0 Å². The maximum atomic E-state index is 6.34. The standard InChI is InChI=1S/C25H23NO/c1-26-20-10-6-5-9-18(20)24-21(26)13-14-22-25(24)19-12-11-17(15-23(19)27-22)16-7-3-2-4-8-16/h5-6,9-16H,2-4,7-8H2,1H3. The summed E-state index contributed by atoms with van der Waals surface area (Å²) in [6.07, 6.45) is 6.75. The Hall–Kier alpha value is -2.74. The Morgan fingerprint density at radius 3 is 2.52 bits per heavy atom. The molecule has 0 atom stereocenters. The minimum Gasteiger partial charge on any atom is -0.456 e. The molecule has 2 heterocycles. The third-order valence-electron chi connectivity index (χ3n) is 6.61. The first-order valence-corrected chi connectivity index (χ1v) is 10.1. The van der Waals surface area contributed by atoms with E-state index in [2.05, 4.69) is 66.2 Å². The van der Waals surface area contributed by atoms with E-state index in [9.17, 15) is 0 Å².